The number of anilines is 1. The number of aromatic nitrogens is 2. The standard InChI is InChI=1S/C29H34N6O3/c1-2-3-4-7-12-31-29(36)22(18-30)27-28(33-24-9-6-5-8-23(24)32-27)35-15-13-34(14-16-35)19-21-10-11-25-26(17-21)38-20-37-25/h5-6,8-11,17,22H,2-4,7,12-16,19-20H2,1H3,(H,31,36)/t22-/m1/s1. The molecule has 0 spiro atoms. The maximum Gasteiger partial charge on any atom is 0.243 e. The molecule has 1 atom stereocenters. The van der Waals surface area contributed by atoms with Gasteiger partial charge in [-0.25, -0.2) is 9.97 Å². The summed E-state index contributed by atoms with van der Waals surface area (Å²) in [5, 5.41) is 13.0. The molecule has 0 unspecified atom stereocenters. The Morgan fingerprint density at radius 2 is 1.79 bits per heavy atom. The van der Waals surface area contributed by atoms with E-state index in [1.807, 2.05) is 36.4 Å². The van der Waals surface area contributed by atoms with E-state index in [0.29, 0.717) is 23.6 Å². The molecule has 0 radical (unpaired) electrons. The highest BCUT2D eigenvalue weighted by Gasteiger charge is 2.30. The summed E-state index contributed by atoms with van der Waals surface area (Å²) in [6.45, 7) is 6.89. The number of hydrogen-bond acceptors (Lipinski definition) is 8. The largest absolute Gasteiger partial charge is 0.454 e. The molecule has 1 fully saturated rings. The van der Waals surface area contributed by atoms with E-state index in [9.17, 15) is 10.1 Å². The van der Waals surface area contributed by atoms with Gasteiger partial charge in [-0.3, -0.25) is 9.69 Å². The van der Waals surface area contributed by atoms with Crippen LogP contribution < -0.4 is 19.7 Å². The first kappa shape index (κ1) is 25.7. The second-order valence-corrected chi connectivity index (χ2v) is 9.79. The molecule has 0 bridgehead atoms. The number of para-hydroxylation sites is 2. The lowest BCUT2D eigenvalue weighted by Gasteiger charge is -2.36. The predicted molar refractivity (Wildman–Crippen MR) is 145 cm³/mol. The molecule has 1 amide bonds. The number of benzene rings is 2. The van der Waals surface area contributed by atoms with E-state index >= 15 is 0 Å². The number of piperazine rings is 1. The lowest BCUT2D eigenvalue weighted by atomic mass is 10.0. The van der Waals surface area contributed by atoms with E-state index < -0.39 is 5.92 Å². The Labute approximate surface area is 223 Å². The Hall–Kier alpha value is -3.90. The second-order valence-electron chi connectivity index (χ2n) is 9.79. The van der Waals surface area contributed by atoms with Crippen LogP contribution in [0, 0.1) is 11.3 Å². The van der Waals surface area contributed by atoms with Crippen molar-refractivity contribution >= 4 is 22.8 Å². The van der Waals surface area contributed by atoms with Gasteiger partial charge in [0.15, 0.2) is 23.2 Å². The maximum absolute atomic E-state index is 13.1. The highest BCUT2D eigenvalue weighted by atomic mass is 16.7. The third-order valence-corrected chi connectivity index (χ3v) is 7.09. The van der Waals surface area contributed by atoms with Crippen molar-refractivity contribution in [3.05, 3.63) is 53.7 Å². The van der Waals surface area contributed by atoms with Gasteiger partial charge in [0.25, 0.3) is 0 Å². The van der Waals surface area contributed by atoms with Gasteiger partial charge in [0.1, 0.15) is 5.69 Å². The molecule has 2 aromatic carbocycles. The number of nitriles is 1. The van der Waals surface area contributed by atoms with Crippen LogP contribution in [-0.4, -0.2) is 60.3 Å². The molecule has 2 aliphatic rings. The van der Waals surface area contributed by atoms with Crippen LogP contribution in [0.4, 0.5) is 5.82 Å². The number of unbranched alkanes of at least 4 members (excludes halogenated alkanes) is 3. The minimum absolute atomic E-state index is 0.271. The molecule has 1 N–H and O–H groups in total. The zero-order valence-electron chi connectivity index (χ0n) is 21.9. The van der Waals surface area contributed by atoms with Crippen LogP contribution in [-0.2, 0) is 11.3 Å². The van der Waals surface area contributed by atoms with Gasteiger partial charge >= 0.3 is 0 Å². The summed E-state index contributed by atoms with van der Waals surface area (Å²) in [6.07, 6.45) is 4.23. The van der Waals surface area contributed by atoms with Gasteiger partial charge in [-0.2, -0.15) is 5.26 Å². The molecule has 2 aliphatic heterocycles. The molecule has 5 rings (SSSR count). The number of fused-ring (bicyclic) bond motifs is 2. The van der Waals surface area contributed by atoms with E-state index in [1.165, 1.54) is 5.56 Å². The van der Waals surface area contributed by atoms with Gasteiger partial charge in [0.05, 0.1) is 17.1 Å². The molecule has 1 aromatic heterocycles. The molecule has 38 heavy (non-hydrogen) atoms. The molecule has 0 saturated carbocycles. The summed E-state index contributed by atoms with van der Waals surface area (Å²) in [5.41, 5.74) is 3.05. The molecule has 0 aliphatic carbocycles. The quantitative estimate of drug-likeness (QED) is 0.405. The first-order valence-electron chi connectivity index (χ1n) is 13.5. The van der Waals surface area contributed by atoms with Crippen molar-refractivity contribution in [1.29, 1.82) is 5.26 Å². The van der Waals surface area contributed by atoms with E-state index in [2.05, 4.69) is 34.2 Å². The normalized spacial score (nSPS) is 15.8. The molecular formula is C29H34N6O3. The molecule has 3 aromatic rings. The minimum atomic E-state index is -1.01. The van der Waals surface area contributed by atoms with Crippen molar-refractivity contribution in [2.24, 2.45) is 0 Å². The molecule has 9 heteroatoms. The third kappa shape index (κ3) is 5.81. The van der Waals surface area contributed by atoms with E-state index in [1.54, 1.807) is 0 Å². The Morgan fingerprint density at radius 3 is 2.55 bits per heavy atom. The number of hydrogen-bond donors (Lipinski definition) is 1. The second kappa shape index (κ2) is 12.1. The monoisotopic (exact) mass is 514 g/mol. The Morgan fingerprint density at radius 1 is 1.03 bits per heavy atom. The van der Waals surface area contributed by atoms with Crippen molar-refractivity contribution in [3.63, 3.8) is 0 Å². The highest BCUT2D eigenvalue weighted by Crippen LogP contribution is 2.33. The number of carbonyl (C=O) groups excluding carboxylic acids is 1. The zero-order chi connectivity index (χ0) is 26.3. The Balaban J connectivity index is 1.31. The fourth-order valence-electron chi connectivity index (χ4n) is 4.96. The van der Waals surface area contributed by atoms with Crippen LogP contribution in [0.5, 0.6) is 11.5 Å². The number of nitrogens with one attached hydrogen (secondary N) is 1. The number of nitrogens with zero attached hydrogens (tertiary/aromatic N) is 5. The Kier molecular flexibility index (Phi) is 8.19. The van der Waals surface area contributed by atoms with Crippen molar-refractivity contribution in [2.75, 3.05) is 44.4 Å². The minimum Gasteiger partial charge on any atom is -0.454 e. The smallest absolute Gasteiger partial charge is 0.243 e. The highest BCUT2D eigenvalue weighted by molar-refractivity contribution is 5.88. The molecule has 198 valence electrons. The average Bonchev–Trinajstić information content (AvgIpc) is 3.41. The molecule has 9 nitrogen and oxygen atoms in total. The van der Waals surface area contributed by atoms with E-state index in [0.717, 1.165) is 75.4 Å². The van der Waals surface area contributed by atoms with E-state index in [4.69, 9.17) is 19.4 Å². The van der Waals surface area contributed by atoms with Crippen molar-refractivity contribution in [2.45, 2.75) is 45.1 Å². The van der Waals surface area contributed by atoms with Crippen LogP contribution in [0.15, 0.2) is 42.5 Å². The van der Waals surface area contributed by atoms with Gasteiger partial charge in [-0.1, -0.05) is 44.4 Å². The SMILES string of the molecule is CCCCCCNC(=O)[C@H](C#N)c1nc2ccccc2nc1N1CCN(Cc2ccc3c(c2)OCO3)CC1. The number of amides is 1. The van der Waals surface area contributed by atoms with Crippen LogP contribution in [0.1, 0.15) is 49.8 Å². The van der Waals surface area contributed by atoms with Crippen LogP contribution in [0.2, 0.25) is 0 Å². The summed E-state index contributed by atoms with van der Waals surface area (Å²) < 4.78 is 10.9. The molecule has 1 saturated heterocycles. The topological polar surface area (TPSA) is 104 Å². The van der Waals surface area contributed by atoms with Crippen LogP contribution in [0.3, 0.4) is 0 Å². The average molecular weight is 515 g/mol. The number of ether oxygens (including phenoxy) is 2. The first-order chi connectivity index (χ1) is 18.7. The summed E-state index contributed by atoms with van der Waals surface area (Å²) in [6, 6.07) is 15.9. The first-order valence-corrected chi connectivity index (χ1v) is 13.5. The van der Waals surface area contributed by atoms with Gasteiger partial charge in [-0.15, -0.1) is 0 Å². The number of carbonyl (C=O) groups is 1. The van der Waals surface area contributed by atoms with E-state index in [-0.39, 0.29) is 12.7 Å². The summed E-state index contributed by atoms with van der Waals surface area (Å²) >= 11 is 0. The van der Waals surface area contributed by atoms with Gasteiger partial charge in [-0.05, 0) is 36.2 Å². The molecule has 3 heterocycles. The van der Waals surface area contributed by atoms with Crippen molar-refractivity contribution < 1.29 is 14.3 Å². The Bertz CT molecular complexity index is 1320. The summed E-state index contributed by atoms with van der Waals surface area (Å²) in [4.78, 5) is 27.3. The lowest BCUT2D eigenvalue weighted by Crippen LogP contribution is -2.47. The van der Waals surface area contributed by atoms with Gasteiger partial charge in [0.2, 0.25) is 12.7 Å². The van der Waals surface area contributed by atoms with Crippen molar-refractivity contribution in [3.8, 4) is 17.6 Å². The fraction of sp³-hybridized carbons (Fsp3) is 0.448. The van der Waals surface area contributed by atoms with Crippen molar-refractivity contribution in [1.82, 2.24) is 20.2 Å². The van der Waals surface area contributed by atoms with Crippen LogP contribution in [0.25, 0.3) is 11.0 Å². The zero-order valence-corrected chi connectivity index (χ0v) is 21.9. The fourth-order valence-corrected chi connectivity index (χ4v) is 4.96. The van der Waals surface area contributed by atoms with Crippen LogP contribution >= 0.6 is 0 Å². The van der Waals surface area contributed by atoms with Gasteiger partial charge in [0, 0.05) is 39.3 Å². The summed E-state index contributed by atoms with van der Waals surface area (Å²) in [5.74, 6) is 0.886. The number of rotatable bonds is 10. The summed E-state index contributed by atoms with van der Waals surface area (Å²) in [7, 11) is 0. The molecular weight excluding hydrogens is 480 g/mol. The lowest BCUT2D eigenvalue weighted by molar-refractivity contribution is -0.121. The van der Waals surface area contributed by atoms with Gasteiger partial charge < -0.3 is 19.7 Å². The predicted octanol–water partition coefficient (Wildman–Crippen LogP) is 3.98. The maximum atomic E-state index is 13.1. The third-order valence-electron chi connectivity index (χ3n) is 7.09.